The maximum absolute atomic E-state index is 12.0. The summed E-state index contributed by atoms with van der Waals surface area (Å²) in [7, 11) is 0. The highest BCUT2D eigenvalue weighted by Gasteiger charge is 2.24. The summed E-state index contributed by atoms with van der Waals surface area (Å²) in [6.45, 7) is 5.15. The van der Waals surface area contributed by atoms with Gasteiger partial charge in [0.1, 0.15) is 18.2 Å². The van der Waals surface area contributed by atoms with Crippen LogP contribution in [0.1, 0.15) is 43.9 Å². The lowest BCUT2D eigenvalue weighted by molar-refractivity contribution is -0.139. The number of benzene rings is 2. The summed E-state index contributed by atoms with van der Waals surface area (Å²) in [5.74, 6) is -1.22. The minimum atomic E-state index is -1.22. The predicted molar refractivity (Wildman–Crippen MR) is 118 cm³/mol. The lowest BCUT2D eigenvalue weighted by Gasteiger charge is -2.22. The number of carbonyl (C=O) groups excluding carboxylic acids is 2. The number of nitrogens with one attached hydrogen (secondary N) is 2. The molecule has 0 saturated heterocycles. The minimum absolute atomic E-state index is 0.0146. The van der Waals surface area contributed by atoms with Crippen LogP contribution in [0, 0.1) is 0 Å². The van der Waals surface area contributed by atoms with Crippen LogP contribution in [0.3, 0.4) is 0 Å². The van der Waals surface area contributed by atoms with Gasteiger partial charge in [0.05, 0.1) is 0 Å². The van der Waals surface area contributed by atoms with E-state index in [-0.39, 0.29) is 19.6 Å². The highest BCUT2D eigenvalue weighted by molar-refractivity contribution is 5.80. The van der Waals surface area contributed by atoms with Crippen LogP contribution in [0.25, 0.3) is 11.1 Å². The van der Waals surface area contributed by atoms with Crippen molar-refractivity contribution in [3.63, 3.8) is 0 Å². The number of carbonyl (C=O) groups is 3. The van der Waals surface area contributed by atoms with E-state index < -0.39 is 29.8 Å². The predicted octanol–water partition coefficient (Wildman–Crippen LogP) is 3.85. The Hall–Kier alpha value is -3.55. The van der Waals surface area contributed by atoms with E-state index >= 15 is 0 Å². The standard InChI is InChI=1S/C24H28N2O6/c1-24(2,3)32-23(30)26-20(21(27)28)10-11-25-22(29)31-14-15-8-9-17-13-16-6-4-5-7-18(16)19(17)12-15/h4-9,12,20H,10-11,13-14H2,1-3H3,(H,25,29)(H,26,30)(H,27,28). The lowest BCUT2D eigenvalue weighted by Crippen LogP contribution is -2.45. The SMILES string of the molecule is CC(C)(C)OC(=O)NC(CCNC(=O)OCc1ccc2c(c1)-c1ccccc1C2)C(=O)O. The molecule has 2 aromatic rings. The molecule has 0 saturated carbocycles. The number of carboxylic acid groups (broad SMARTS) is 1. The number of amides is 2. The van der Waals surface area contributed by atoms with E-state index in [1.807, 2.05) is 30.3 Å². The van der Waals surface area contributed by atoms with Gasteiger partial charge in [-0.2, -0.15) is 0 Å². The molecule has 8 nitrogen and oxygen atoms in total. The van der Waals surface area contributed by atoms with Crippen LogP contribution in [-0.2, 0) is 27.3 Å². The summed E-state index contributed by atoms with van der Waals surface area (Å²) >= 11 is 0. The van der Waals surface area contributed by atoms with Gasteiger partial charge in [-0.15, -0.1) is 0 Å². The van der Waals surface area contributed by atoms with E-state index in [1.165, 1.54) is 16.7 Å². The van der Waals surface area contributed by atoms with Crippen LogP contribution in [0.5, 0.6) is 0 Å². The fraction of sp³-hybridized carbons (Fsp3) is 0.375. The Bertz CT molecular complexity index is 1010. The Morgan fingerprint density at radius 1 is 1.03 bits per heavy atom. The van der Waals surface area contributed by atoms with Gasteiger partial charge in [0, 0.05) is 6.54 Å². The maximum atomic E-state index is 12.0. The molecule has 0 aliphatic heterocycles. The van der Waals surface area contributed by atoms with Crippen LogP contribution < -0.4 is 10.6 Å². The Balaban J connectivity index is 1.45. The van der Waals surface area contributed by atoms with Crippen molar-refractivity contribution < 1.29 is 29.0 Å². The van der Waals surface area contributed by atoms with E-state index in [1.54, 1.807) is 20.8 Å². The Morgan fingerprint density at radius 3 is 2.47 bits per heavy atom. The van der Waals surface area contributed by atoms with Crippen LogP contribution in [0.4, 0.5) is 9.59 Å². The molecule has 2 amide bonds. The molecule has 0 radical (unpaired) electrons. The number of hydrogen-bond donors (Lipinski definition) is 3. The van der Waals surface area contributed by atoms with Gasteiger partial charge in [-0.25, -0.2) is 14.4 Å². The molecule has 1 atom stereocenters. The largest absolute Gasteiger partial charge is 0.480 e. The fourth-order valence-electron chi connectivity index (χ4n) is 3.49. The summed E-state index contributed by atoms with van der Waals surface area (Å²) in [5.41, 5.74) is 5.01. The smallest absolute Gasteiger partial charge is 0.408 e. The molecule has 0 spiro atoms. The van der Waals surface area contributed by atoms with Gasteiger partial charge < -0.3 is 25.2 Å². The average Bonchev–Trinajstić information content (AvgIpc) is 3.08. The first-order valence-corrected chi connectivity index (χ1v) is 10.5. The topological polar surface area (TPSA) is 114 Å². The molecule has 3 N–H and O–H groups in total. The number of carboxylic acids is 1. The molecule has 0 aromatic heterocycles. The number of fused-ring (bicyclic) bond motifs is 3. The second-order valence-corrected chi connectivity index (χ2v) is 8.65. The maximum Gasteiger partial charge on any atom is 0.408 e. The first-order valence-electron chi connectivity index (χ1n) is 10.5. The lowest BCUT2D eigenvalue weighted by atomic mass is 10.0. The molecule has 3 rings (SSSR count). The van der Waals surface area contributed by atoms with Crippen molar-refractivity contribution in [2.75, 3.05) is 6.54 Å². The van der Waals surface area contributed by atoms with Crippen LogP contribution in [-0.4, -0.2) is 41.4 Å². The molecule has 0 bridgehead atoms. The Kier molecular flexibility index (Phi) is 7.02. The zero-order chi connectivity index (χ0) is 23.3. The van der Waals surface area contributed by atoms with Crippen molar-refractivity contribution in [2.45, 2.75) is 51.9 Å². The Morgan fingerprint density at radius 2 is 1.75 bits per heavy atom. The summed E-state index contributed by atoms with van der Waals surface area (Å²) < 4.78 is 10.3. The number of alkyl carbamates (subject to hydrolysis) is 2. The van der Waals surface area contributed by atoms with Gasteiger partial charge in [-0.3, -0.25) is 0 Å². The molecule has 1 aliphatic rings. The van der Waals surface area contributed by atoms with E-state index in [4.69, 9.17) is 9.47 Å². The molecule has 32 heavy (non-hydrogen) atoms. The fourth-order valence-corrected chi connectivity index (χ4v) is 3.49. The summed E-state index contributed by atoms with van der Waals surface area (Å²) in [6.07, 6.45) is -0.605. The van der Waals surface area contributed by atoms with Gasteiger partial charge in [0.2, 0.25) is 0 Å². The van der Waals surface area contributed by atoms with E-state index in [2.05, 4.69) is 22.8 Å². The number of rotatable bonds is 7. The normalized spacial score (nSPS) is 12.8. The molecule has 0 heterocycles. The first-order chi connectivity index (χ1) is 15.1. The molecule has 1 unspecified atom stereocenters. The molecule has 170 valence electrons. The molecule has 2 aromatic carbocycles. The third-order valence-corrected chi connectivity index (χ3v) is 4.92. The van der Waals surface area contributed by atoms with Gasteiger partial charge in [-0.05, 0) is 67.5 Å². The zero-order valence-electron chi connectivity index (χ0n) is 18.4. The Labute approximate surface area is 186 Å². The zero-order valence-corrected chi connectivity index (χ0v) is 18.4. The van der Waals surface area contributed by atoms with Crippen molar-refractivity contribution in [3.05, 3.63) is 59.2 Å². The van der Waals surface area contributed by atoms with Crippen LogP contribution in [0.15, 0.2) is 42.5 Å². The van der Waals surface area contributed by atoms with Crippen molar-refractivity contribution in [2.24, 2.45) is 0 Å². The number of ether oxygens (including phenoxy) is 2. The monoisotopic (exact) mass is 440 g/mol. The summed E-state index contributed by atoms with van der Waals surface area (Å²) in [6, 6.07) is 13.0. The molecule has 0 fully saturated rings. The van der Waals surface area contributed by atoms with Gasteiger partial charge in [-0.1, -0.05) is 36.4 Å². The van der Waals surface area contributed by atoms with Crippen molar-refractivity contribution in [1.82, 2.24) is 10.6 Å². The molecular formula is C24H28N2O6. The van der Waals surface area contributed by atoms with Crippen molar-refractivity contribution in [1.29, 1.82) is 0 Å². The third-order valence-electron chi connectivity index (χ3n) is 4.92. The number of hydrogen-bond acceptors (Lipinski definition) is 5. The van der Waals surface area contributed by atoms with Gasteiger partial charge in [0.25, 0.3) is 0 Å². The van der Waals surface area contributed by atoms with Gasteiger partial charge in [0.15, 0.2) is 0 Å². The molecule has 1 aliphatic carbocycles. The summed E-state index contributed by atoms with van der Waals surface area (Å²) in [4.78, 5) is 35.1. The van der Waals surface area contributed by atoms with E-state index in [9.17, 15) is 19.5 Å². The van der Waals surface area contributed by atoms with E-state index in [0.29, 0.717) is 0 Å². The second kappa shape index (κ2) is 9.72. The second-order valence-electron chi connectivity index (χ2n) is 8.65. The third kappa shape index (κ3) is 6.23. The van der Waals surface area contributed by atoms with E-state index in [0.717, 1.165) is 17.5 Å². The van der Waals surface area contributed by atoms with Crippen LogP contribution in [0.2, 0.25) is 0 Å². The van der Waals surface area contributed by atoms with Crippen LogP contribution >= 0.6 is 0 Å². The first kappa shape index (κ1) is 23.1. The molecule has 8 heteroatoms. The summed E-state index contributed by atoms with van der Waals surface area (Å²) in [5, 5.41) is 14.1. The quantitative estimate of drug-likeness (QED) is 0.514. The van der Waals surface area contributed by atoms with Crippen molar-refractivity contribution >= 4 is 18.2 Å². The highest BCUT2D eigenvalue weighted by Crippen LogP contribution is 2.36. The average molecular weight is 440 g/mol. The van der Waals surface area contributed by atoms with Gasteiger partial charge >= 0.3 is 18.2 Å². The van der Waals surface area contributed by atoms with Crippen molar-refractivity contribution in [3.8, 4) is 11.1 Å². The minimum Gasteiger partial charge on any atom is -0.480 e. The molecular weight excluding hydrogens is 412 g/mol. The number of aliphatic carboxylic acids is 1. The highest BCUT2D eigenvalue weighted by atomic mass is 16.6.